The van der Waals surface area contributed by atoms with Crippen molar-refractivity contribution in [3.05, 3.63) is 131 Å². The molecular weight excluding hydrogens is 797 g/mol. The second kappa shape index (κ2) is 18.7. The number of benzene rings is 6. The molecular formula is C53H56O10. The Kier molecular flexibility index (Phi) is 12.3. The van der Waals surface area contributed by atoms with Crippen LogP contribution in [0.2, 0.25) is 0 Å². The smallest absolute Gasteiger partial charge is 0.122 e. The maximum Gasteiger partial charge on any atom is 0.122 e. The predicted octanol–water partition coefficient (Wildman–Crippen LogP) is 9.45. The molecule has 63 heavy (non-hydrogen) atoms. The molecule has 0 aliphatic carbocycles. The van der Waals surface area contributed by atoms with E-state index >= 15 is 0 Å². The number of ether oxygens (including phenoxy) is 10. The fourth-order valence-electron chi connectivity index (χ4n) is 7.90. The average Bonchev–Trinajstić information content (AvgIpc) is 4.06. The summed E-state index contributed by atoms with van der Waals surface area (Å²) in [5, 5.41) is 4.46. The molecule has 4 fully saturated rings. The standard InChI is InChI=1S/C53H56O10/c1-53(2,41-9-15-51(39(21-41)27-47-29-60-47)56-19-3-17-54-43-11-5-37-25-45(13-7-35(37)23-43)58-31-49-33-62-49)42-10-16-52(40(22-42)28-48-30-61-48)57-20-4-18-55-44-12-6-38-26-46(14-8-36(38)24-44)59-32-50-34-63-50/h5-16,21-26,47-50H,3-4,17-20,27-34H2,1-2H3. The van der Waals surface area contributed by atoms with Crippen molar-refractivity contribution in [3.8, 4) is 34.5 Å². The average molecular weight is 853 g/mol. The fraction of sp³-hybridized carbons (Fsp3) is 0.396. The highest BCUT2D eigenvalue weighted by Gasteiger charge is 2.30. The van der Waals surface area contributed by atoms with E-state index in [4.69, 9.17) is 47.4 Å². The Morgan fingerprint density at radius 3 is 1.13 bits per heavy atom. The SMILES string of the molecule is CC(C)(c1ccc(OCCCOc2ccc3cc(OCC4CO4)ccc3c2)c(CC2CO2)c1)c1ccc(OCCCOc2ccc3cc(OCC4CO4)ccc3c2)c(CC2CO2)c1. The van der Waals surface area contributed by atoms with E-state index in [-0.39, 0.29) is 29.8 Å². The normalized spacial score (nSPS) is 19.7. The van der Waals surface area contributed by atoms with Crippen LogP contribution in [0.1, 0.15) is 48.9 Å². The van der Waals surface area contributed by atoms with E-state index in [1.165, 1.54) is 22.3 Å². The van der Waals surface area contributed by atoms with Gasteiger partial charge in [-0.3, -0.25) is 0 Å². The summed E-state index contributed by atoms with van der Waals surface area (Å²) in [5.74, 6) is 5.21. The van der Waals surface area contributed by atoms with Crippen molar-refractivity contribution in [1.82, 2.24) is 0 Å². The molecule has 0 saturated carbocycles. The lowest BCUT2D eigenvalue weighted by Crippen LogP contribution is -2.20. The number of fused-ring (bicyclic) bond motifs is 2. The zero-order valence-electron chi connectivity index (χ0n) is 36.2. The topological polar surface area (TPSA) is 106 Å². The highest BCUT2D eigenvalue weighted by Crippen LogP contribution is 2.38. The Morgan fingerprint density at radius 1 is 0.413 bits per heavy atom. The van der Waals surface area contributed by atoms with Gasteiger partial charge in [-0.25, -0.2) is 0 Å². The van der Waals surface area contributed by atoms with Gasteiger partial charge in [-0.2, -0.15) is 0 Å². The lowest BCUT2D eigenvalue weighted by atomic mass is 9.76. The van der Waals surface area contributed by atoms with Crippen molar-refractivity contribution in [2.24, 2.45) is 0 Å². The first-order valence-electron chi connectivity index (χ1n) is 22.5. The van der Waals surface area contributed by atoms with Crippen LogP contribution in [0, 0.1) is 0 Å². The van der Waals surface area contributed by atoms with Gasteiger partial charge < -0.3 is 47.4 Å². The number of hydrogen-bond donors (Lipinski definition) is 0. The van der Waals surface area contributed by atoms with E-state index < -0.39 is 0 Å². The van der Waals surface area contributed by atoms with Crippen LogP contribution in [-0.2, 0) is 37.2 Å². The largest absolute Gasteiger partial charge is 0.493 e. The minimum absolute atomic E-state index is 0.234. The van der Waals surface area contributed by atoms with Gasteiger partial charge in [0, 0.05) is 31.1 Å². The van der Waals surface area contributed by atoms with E-state index in [9.17, 15) is 0 Å². The molecule has 4 heterocycles. The van der Waals surface area contributed by atoms with E-state index in [0.717, 1.165) is 108 Å². The highest BCUT2D eigenvalue weighted by atomic mass is 16.6. The lowest BCUT2D eigenvalue weighted by molar-refractivity contribution is 0.245. The summed E-state index contributed by atoms with van der Waals surface area (Å²) in [6.07, 6.45) is 4.10. The molecule has 10 heteroatoms. The summed E-state index contributed by atoms with van der Waals surface area (Å²) >= 11 is 0. The zero-order chi connectivity index (χ0) is 42.6. The van der Waals surface area contributed by atoms with Crippen molar-refractivity contribution < 1.29 is 47.4 Å². The second-order valence-electron chi connectivity index (χ2n) is 17.6. The van der Waals surface area contributed by atoms with Gasteiger partial charge in [0.2, 0.25) is 0 Å². The molecule has 328 valence electrons. The molecule has 4 saturated heterocycles. The summed E-state index contributed by atoms with van der Waals surface area (Å²) in [6, 6.07) is 37.9. The van der Waals surface area contributed by atoms with Gasteiger partial charge in [0.15, 0.2) is 0 Å². The molecule has 6 aromatic carbocycles. The Morgan fingerprint density at radius 2 is 0.762 bits per heavy atom. The van der Waals surface area contributed by atoms with Gasteiger partial charge in [-0.1, -0.05) is 62.4 Å². The molecule has 4 atom stereocenters. The van der Waals surface area contributed by atoms with Crippen LogP contribution in [0.5, 0.6) is 34.5 Å². The van der Waals surface area contributed by atoms with Gasteiger partial charge in [0.1, 0.15) is 59.9 Å². The van der Waals surface area contributed by atoms with Crippen LogP contribution >= 0.6 is 0 Å². The van der Waals surface area contributed by atoms with E-state index in [1.54, 1.807) is 0 Å². The Bertz CT molecular complexity index is 2350. The summed E-state index contributed by atoms with van der Waals surface area (Å²) < 4.78 is 58.6. The van der Waals surface area contributed by atoms with Crippen molar-refractivity contribution in [1.29, 1.82) is 0 Å². The summed E-state index contributed by atoms with van der Waals surface area (Å²) in [6.45, 7) is 11.1. The molecule has 0 radical (unpaired) electrons. The van der Waals surface area contributed by atoms with Crippen LogP contribution in [0.4, 0.5) is 0 Å². The lowest BCUT2D eigenvalue weighted by Gasteiger charge is -2.28. The molecule has 0 N–H and O–H groups in total. The van der Waals surface area contributed by atoms with Gasteiger partial charge in [0.25, 0.3) is 0 Å². The summed E-state index contributed by atoms with van der Waals surface area (Å²) in [5.41, 5.74) is 4.53. The van der Waals surface area contributed by atoms with E-state index in [2.05, 4.69) is 98.8 Å². The third-order valence-corrected chi connectivity index (χ3v) is 12.1. The van der Waals surface area contributed by atoms with Gasteiger partial charge in [-0.05, 0) is 104 Å². The molecule has 4 aliphatic heterocycles. The van der Waals surface area contributed by atoms with Crippen molar-refractivity contribution in [2.45, 2.75) is 69.4 Å². The molecule has 6 aromatic rings. The maximum atomic E-state index is 6.40. The van der Waals surface area contributed by atoms with Crippen molar-refractivity contribution in [3.63, 3.8) is 0 Å². The van der Waals surface area contributed by atoms with Gasteiger partial charge >= 0.3 is 0 Å². The fourth-order valence-corrected chi connectivity index (χ4v) is 7.90. The second-order valence-corrected chi connectivity index (χ2v) is 17.6. The van der Waals surface area contributed by atoms with Crippen LogP contribution in [0.15, 0.2) is 109 Å². The maximum absolute atomic E-state index is 6.40. The third kappa shape index (κ3) is 11.2. The molecule has 4 unspecified atom stereocenters. The summed E-state index contributed by atoms with van der Waals surface area (Å²) in [4.78, 5) is 0. The van der Waals surface area contributed by atoms with E-state index in [0.29, 0.717) is 39.6 Å². The van der Waals surface area contributed by atoms with Crippen LogP contribution in [0.25, 0.3) is 21.5 Å². The minimum atomic E-state index is -0.267. The first kappa shape index (κ1) is 41.5. The Balaban J connectivity index is 0.723. The van der Waals surface area contributed by atoms with Crippen LogP contribution in [-0.4, -0.2) is 90.5 Å². The third-order valence-electron chi connectivity index (χ3n) is 12.1. The molecule has 0 amide bonds. The zero-order valence-corrected chi connectivity index (χ0v) is 36.2. The molecule has 0 spiro atoms. The first-order valence-corrected chi connectivity index (χ1v) is 22.5. The van der Waals surface area contributed by atoms with Crippen molar-refractivity contribution in [2.75, 3.05) is 66.1 Å². The Hall–Kier alpha value is -5.52. The van der Waals surface area contributed by atoms with Crippen LogP contribution < -0.4 is 28.4 Å². The molecule has 10 nitrogen and oxygen atoms in total. The predicted molar refractivity (Wildman–Crippen MR) is 241 cm³/mol. The minimum Gasteiger partial charge on any atom is -0.493 e. The Labute approximate surface area is 369 Å². The summed E-state index contributed by atoms with van der Waals surface area (Å²) in [7, 11) is 0. The van der Waals surface area contributed by atoms with Gasteiger partial charge in [0.05, 0.1) is 65.1 Å². The monoisotopic (exact) mass is 852 g/mol. The highest BCUT2D eigenvalue weighted by molar-refractivity contribution is 5.86. The van der Waals surface area contributed by atoms with Crippen molar-refractivity contribution >= 4 is 21.5 Å². The van der Waals surface area contributed by atoms with E-state index in [1.807, 2.05) is 24.3 Å². The number of epoxide rings is 4. The first-order chi connectivity index (χ1) is 30.9. The molecule has 10 rings (SSSR count). The molecule has 0 bridgehead atoms. The van der Waals surface area contributed by atoms with Crippen LogP contribution in [0.3, 0.4) is 0 Å². The van der Waals surface area contributed by atoms with Gasteiger partial charge in [-0.15, -0.1) is 0 Å². The quantitative estimate of drug-likeness (QED) is 0.0432. The molecule has 4 aliphatic rings. The molecule has 0 aromatic heterocycles. The number of rotatable bonds is 24. The number of hydrogen-bond acceptors (Lipinski definition) is 10.